The summed E-state index contributed by atoms with van der Waals surface area (Å²) in [5.74, 6) is 0.620. The molecule has 0 fully saturated rings. The van der Waals surface area contributed by atoms with Crippen LogP contribution in [0.1, 0.15) is 37.9 Å². The molecule has 2 aromatic rings. The average Bonchev–Trinajstić information content (AvgIpc) is 2.50. The van der Waals surface area contributed by atoms with Crippen molar-refractivity contribution >= 4 is 0 Å². The number of ether oxygens (including phenoxy) is 1. The van der Waals surface area contributed by atoms with Crippen LogP contribution in [0.2, 0.25) is 0 Å². The van der Waals surface area contributed by atoms with Crippen molar-refractivity contribution in [2.75, 3.05) is 6.54 Å². The van der Waals surface area contributed by atoms with Gasteiger partial charge in [0, 0.05) is 11.6 Å². The van der Waals surface area contributed by atoms with E-state index in [4.69, 9.17) is 4.74 Å². The lowest BCUT2D eigenvalue weighted by Gasteiger charge is -2.18. The van der Waals surface area contributed by atoms with E-state index >= 15 is 0 Å². The molecule has 0 saturated carbocycles. The van der Waals surface area contributed by atoms with Crippen LogP contribution in [0, 0.1) is 5.82 Å². The molecule has 2 rings (SSSR count). The van der Waals surface area contributed by atoms with Gasteiger partial charge in [0.15, 0.2) is 11.6 Å². The zero-order valence-electron chi connectivity index (χ0n) is 12.8. The smallest absolute Gasteiger partial charge is 0.167 e. The molecule has 0 bridgehead atoms. The second-order valence-electron chi connectivity index (χ2n) is 5.04. The molecular weight excluding hydrogens is 265 g/mol. The fourth-order valence-electron chi connectivity index (χ4n) is 2.30. The first kappa shape index (κ1) is 15.5. The summed E-state index contributed by atoms with van der Waals surface area (Å²) in [6.07, 6.45) is 0.975. The Labute approximate surface area is 126 Å². The fourth-order valence-corrected chi connectivity index (χ4v) is 2.30. The molecule has 2 nitrogen and oxygen atoms in total. The Kier molecular flexibility index (Phi) is 5.34. The van der Waals surface area contributed by atoms with E-state index in [1.807, 2.05) is 44.2 Å². The number of benzene rings is 2. The number of hydrogen-bond acceptors (Lipinski definition) is 2. The van der Waals surface area contributed by atoms with Crippen molar-refractivity contribution in [1.29, 1.82) is 0 Å². The van der Waals surface area contributed by atoms with Gasteiger partial charge in [0.05, 0.1) is 0 Å². The van der Waals surface area contributed by atoms with E-state index in [2.05, 4.69) is 12.2 Å². The first-order chi connectivity index (χ1) is 10.2. The molecule has 2 aromatic carbocycles. The third-order valence-corrected chi connectivity index (χ3v) is 3.53. The zero-order valence-corrected chi connectivity index (χ0v) is 12.8. The summed E-state index contributed by atoms with van der Waals surface area (Å²) in [4.78, 5) is 0. The number of rotatable bonds is 6. The van der Waals surface area contributed by atoms with E-state index in [-0.39, 0.29) is 11.9 Å². The van der Waals surface area contributed by atoms with Crippen LogP contribution < -0.4 is 10.1 Å². The van der Waals surface area contributed by atoms with Gasteiger partial charge in [0.25, 0.3) is 0 Å². The molecule has 0 spiro atoms. The van der Waals surface area contributed by atoms with Crippen LogP contribution in [0.15, 0.2) is 42.5 Å². The van der Waals surface area contributed by atoms with Gasteiger partial charge in [-0.1, -0.05) is 38.1 Å². The standard InChI is InChI=1S/C18H22FNO/c1-4-14-9-11-15(12-10-14)21-18-16(13(3)20-5-2)7-6-8-17(18)19/h6-13,20H,4-5H2,1-3H3. The van der Waals surface area contributed by atoms with E-state index in [1.165, 1.54) is 11.6 Å². The highest BCUT2D eigenvalue weighted by Gasteiger charge is 2.15. The van der Waals surface area contributed by atoms with E-state index in [0.717, 1.165) is 18.5 Å². The fraction of sp³-hybridized carbons (Fsp3) is 0.333. The summed E-state index contributed by atoms with van der Waals surface area (Å²) in [5, 5.41) is 3.29. The van der Waals surface area contributed by atoms with Crippen molar-refractivity contribution in [2.45, 2.75) is 33.2 Å². The van der Waals surface area contributed by atoms with Crippen molar-refractivity contribution in [2.24, 2.45) is 0 Å². The molecule has 21 heavy (non-hydrogen) atoms. The second kappa shape index (κ2) is 7.23. The third-order valence-electron chi connectivity index (χ3n) is 3.53. The Bertz CT molecular complexity index is 580. The maximum atomic E-state index is 14.1. The van der Waals surface area contributed by atoms with Crippen LogP contribution in [-0.4, -0.2) is 6.54 Å². The predicted octanol–water partition coefficient (Wildman–Crippen LogP) is 4.85. The maximum Gasteiger partial charge on any atom is 0.167 e. The van der Waals surface area contributed by atoms with Crippen LogP contribution in [0.4, 0.5) is 4.39 Å². The Morgan fingerprint density at radius 3 is 2.43 bits per heavy atom. The molecule has 1 unspecified atom stereocenters. The number of aryl methyl sites for hydroxylation is 1. The molecule has 0 aliphatic carbocycles. The van der Waals surface area contributed by atoms with Gasteiger partial charge in [-0.05, 0) is 43.7 Å². The van der Waals surface area contributed by atoms with Gasteiger partial charge in [-0.2, -0.15) is 0 Å². The Balaban J connectivity index is 2.29. The van der Waals surface area contributed by atoms with Gasteiger partial charge in [0.1, 0.15) is 5.75 Å². The first-order valence-electron chi connectivity index (χ1n) is 7.44. The summed E-state index contributed by atoms with van der Waals surface area (Å²) in [7, 11) is 0. The van der Waals surface area contributed by atoms with Crippen LogP contribution in [0.5, 0.6) is 11.5 Å². The summed E-state index contributed by atoms with van der Waals surface area (Å²) in [6.45, 7) is 6.95. The molecule has 0 radical (unpaired) electrons. The maximum absolute atomic E-state index is 14.1. The second-order valence-corrected chi connectivity index (χ2v) is 5.04. The third kappa shape index (κ3) is 3.82. The van der Waals surface area contributed by atoms with Gasteiger partial charge in [-0.25, -0.2) is 4.39 Å². The normalized spacial score (nSPS) is 12.2. The Hall–Kier alpha value is -1.87. The van der Waals surface area contributed by atoms with Crippen LogP contribution in [0.3, 0.4) is 0 Å². The van der Waals surface area contributed by atoms with E-state index in [0.29, 0.717) is 11.5 Å². The van der Waals surface area contributed by atoms with E-state index < -0.39 is 0 Å². The van der Waals surface area contributed by atoms with Crippen molar-refractivity contribution in [1.82, 2.24) is 5.32 Å². The number of nitrogens with one attached hydrogen (secondary N) is 1. The predicted molar refractivity (Wildman–Crippen MR) is 84.4 cm³/mol. The minimum absolute atomic E-state index is 0.0376. The Morgan fingerprint density at radius 2 is 1.81 bits per heavy atom. The molecule has 1 atom stereocenters. The van der Waals surface area contributed by atoms with Crippen LogP contribution in [0.25, 0.3) is 0 Å². The quantitative estimate of drug-likeness (QED) is 0.820. The number of para-hydroxylation sites is 1. The molecule has 0 amide bonds. The highest BCUT2D eigenvalue weighted by atomic mass is 19.1. The minimum atomic E-state index is -0.336. The van der Waals surface area contributed by atoms with E-state index in [1.54, 1.807) is 6.07 Å². The van der Waals surface area contributed by atoms with Gasteiger partial charge in [-0.3, -0.25) is 0 Å². The molecule has 0 heterocycles. The molecule has 0 aliphatic rings. The molecule has 1 N–H and O–H groups in total. The summed E-state index contributed by atoms with van der Waals surface area (Å²) in [5.41, 5.74) is 2.06. The van der Waals surface area contributed by atoms with Crippen LogP contribution >= 0.6 is 0 Å². The molecule has 0 saturated heterocycles. The molecular formula is C18H22FNO. The number of halogens is 1. The lowest BCUT2D eigenvalue weighted by Crippen LogP contribution is -2.18. The Morgan fingerprint density at radius 1 is 1.10 bits per heavy atom. The van der Waals surface area contributed by atoms with Gasteiger partial charge >= 0.3 is 0 Å². The average molecular weight is 287 g/mol. The summed E-state index contributed by atoms with van der Waals surface area (Å²) >= 11 is 0. The van der Waals surface area contributed by atoms with Crippen molar-refractivity contribution in [3.8, 4) is 11.5 Å². The summed E-state index contributed by atoms with van der Waals surface area (Å²) in [6, 6.07) is 12.8. The highest BCUT2D eigenvalue weighted by molar-refractivity contribution is 5.41. The van der Waals surface area contributed by atoms with Crippen molar-refractivity contribution < 1.29 is 9.13 Å². The topological polar surface area (TPSA) is 21.3 Å². The lowest BCUT2D eigenvalue weighted by molar-refractivity contribution is 0.426. The van der Waals surface area contributed by atoms with Gasteiger partial charge < -0.3 is 10.1 Å². The molecule has 112 valence electrons. The largest absolute Gasteiger partial charge is 0.454 e. The monoisotopic (exact) mass is 287 g/mol. The van der Waals surface area contributed by atoms with E-state index in [9.17, 15) is 4.39 Å². The first-order valence-corrected chi connectivity index (χ1v) is 7.44. The lowest BCUT2D eigenvalue weighted by atomic mass is 10.1. The van der Waals surface area contributed by atoms with Gasteiger partial charge in [-0.15, -0.1) is 0 Å². The van der Waals surface area contributed by atoms with Crippen molar-refractivity contribution in [3.05, 3.63) is 59.4 Å². The molecule has 3 heteroatoms. The highest BCUT2D eigenvalue weighted by Crippen LogP contribution is 2.32. The zero-order chi connectivity index (χ0) is 15.2. The van der Waals surface area contributed by atoms with Gasteiger partial charge in [0.2, 0.25) is 0 Å². The van der Waals surface area contributed by atoms with Crippen LogP contribution in [-0.2, 0) is 6.42 Å². The SMILES string of the molecule is CCNC(C)c1cccc(F)c1Oc1ccc(CC)cc1. The minimum Gasteiger partial charge on any atom is -0.454 e. The molecule has 0 aliphatic heterocycles. The van der Waals surface area contributed by atoms with Crippen molar-refractivity contribution in [3.63, 3.8) is 0 Å². The molecule has 0 aromatic heterocycles. The summed E-state index contributed by atoms with van der Waals surface area (Å²) < 4.78 is 19.9. The number of hydrogen-bond donors (Lipinski definition) is 1.